The largest absolute Gasteiger partial charge is 0.394 e. The van der Waals surface area contributed by atoms with Gasteiger partial charge in [0.15, 0.2) is 5.78 Å². The Bertz CT molecular complexity index is 490. The summed E-state index contributed by atoms with van der Waals surface area (Å²) in [7, 11) is -0.760. The van der Waals surface area contributed by atoms with Gasteiger partial charge in [-0.25, -0.2) is 0 Å². The van der Waals surface area contributed by atoms with Gasteiger partial charge in [0.1, 0.15) is 0 Å². The number of benzene rings is 1. The normalized spacial score (nSPS) is 10.8. The molecule has 8 heteroatoms. The zero-order valence-electron chi connectivity index (χ0n) is 10.6. The highest BCUT2D eigenvalue weighted by atomic mass is 35.5. The van der Waals surface area contributed by atoms with Crippen LogP contribution in [0.4, 0.5) is 0 Å². The fourth-order valence-corrected chi connectivity index (χ4v) is 1.23. The van der Waals surface area contributed by atoms with E-state index in [-0.39, 0.29) is 5.78 Å². The summed E-state index contributed by atoms with van der Waals surface area (Å²) in [6.07, 6.45) is 0.550. The molecule has 6 nitrogen and oxygen atoms in total. The second-order valence-electron chi connectivity index (χ2n) is 3.93. The van der Waals surface area contributed by atoms with Gasteiger partial charge in [0, 0.05) is 23.6 Å². The number of rotatable bonds is 4. The second-order valence-corrected chi connectivity index (χ2v) is 5.26. The van der Waals surface area contributed by atoms with Crippen LogP contribution in [0.15, 0.2) is 24.3 Å². The Morgan fingerprint density at radius 2 is 1.63 bits per heavy atom. The summed E-state index contributed by atoms with van der Waals surface area (Å²) in [5, 5.41) is 0.661. The zero-order chi connectivity index (χ0) is 15.1. The van der Waals surface area contributed by atoms with Gasteiger partial charge in [0.05, 0.1) is 0 Å². The first-order valence-electron chi connectivity index (χ1n) is 5.23. The average molecular weight is 310 g/mol. The minimum absolute atomic E-state index is 0.162. The molecule has 0 fully saturated rings. The van der Waals surface area contributed by atoms with Crippen LogP contribution in [0.1, 0.15) is 16.8 Å². The van der Waals surface area contributed by atoms with Crippen LogP contribution < -0.4 is 0 Å². The van der Waals surface area contributed by atoms with Crippen molar-refractivity contribution in [2.45, 2.75) is 6.42 Å². The fraction of sp³-hybridized carbons (Fsp3) is 0.364. The molecule has 0 atom stereocenters. The third kappa shape index (κ3) is 11.8. The van der Waals surface area contributed by atoms with Crippen molar-refractivity contribution >= 4 is 27.8 Å². The van der Waals surface area contributed by atoms with Gasteiger partial charge in [-0.1, -0.05) is 11.6 Å². The number of hydrogen-bond acceptors (Lipinski definition) is 4. The lowest BCUT2D eigenvalue weighted by atomic mass is 10.1. The number of ketones is 1. The Kier molecular flexibility index (Phi) is 7.81. The average Bonchev–Trinajstić information content (AvgIpc) is 2.24. The van der Waals surface area contributed by atoms with E-state index in [0.717, 1.165) is 12.1 Å². The van der Waals surface area contributed by atoms with Gasteiger partial charge in [-0.15, -0.1) is 0 Å². The van der Waals surface area contributed by atoms with E-state index in [1.165, 1.54) is 0 Å². The molecule has 1 rings (SSSR count). The molecule has 0 radical (unpaired) electrons. The van der Waals surface area contributed by atoms with Crippen LogP contribution in [0.5, 0.6) is 0 Å². The van der Waals surface area contributed by atoms with Crippen molar-refractivity contribution in [3.05, 3.63) is 34.9 Å². The standard InChI is InChI=1S/C11H14ClNO.H2O4S/c1-13(2)8-7-11(14)9-3-5-10(12)6-4-9;1-5(2,3)4/h3-6H,7-8H2,1-2H3;(H2,1,2,3,4). The molecule has 0 saturated heterocycles. The summed E-state index contributed by atoms with van der Waals surface area (Å²) in [5.41, 5.74) is 0.733. The molecule has 1 aromatic rings. The number of nitrogens with zero attached hydrogens (tertiary/aromatic N) is 1. The molecule has 0 aliphatic carbocycles. The molecule has 0 aliphatic rings. The highest BCUT2D eigenvalue weighted by molar-refractivity contribution is 7.79. The Hall–Kier alpha value is -0.990. The smallest absolute Gasteiger partial charge is 0.309 e. The third-order valence-electron chi connectivity index (χ3n) is 1.95. The molecule has 0 saturated carbocycles. The van der Waals surface area contributed by atoms with Crippen LogP contribution in [0.25, 0.3) is 0 Å². The summed E-state index contributed by atoms with van der Waals surface area (Å²) in [5.74, 6) is 0.162. The second kappa shape index (κ2) is 8.23. The molecule has 0 unspecified atom stereocenters. The molecule has 108 valence electrons. The molecule has 0 heterocycles. The first kappa shape index (κ1) is 18.0. The number of halogens is 1. The van der Waals surface area contributed by atoms with Crippen LogP contribution in [0.2, 0.25) is 5.02 Å². The van der Waals surface area contributed by atoms with E-state index in [9.17, 15) is 4.79 Å². The van der Waals surface area contributed by atoms with Crippen molar-refractivity contribution in [1.82, 2.24) is 4.90 Å². The third-order valence-corrected chi connectivity index (χ3v) is 2.20. The topological polar surface area (TPSA) is 94.9 Å². The number of hydrogen-bond donors (Lipinski definition) is 2. The van der Waals surface area contributed by atoms with Gasteiger partial charge < -0.3 is 4.90 Å². The summed E-state index contributed by atoms with van der Waals surface area (Å²) in [4.78, 5) is 13.6. The SMILES string of the molecule is CN(C)CCC(=O)c1ccc(Cl)cc1.O=S(=O)(O)O. The molecule has 0 amide bonds. The van der Waals surface area contributed by atoms with E-state index in [2.05, 4.69) is 0 Å². The molecule has 0 spiro atoms. The number of carbonyl (C=O) groups excluding carboxylic acids is 1. The van der Waals surface area contributed by atoms with Crippen LogP contribution in [0.3, 0.4) is 0 Å². The van der Waals surface area contributed by atoms with Crippen molar-refractivity contribution < 1.29 is 22.3 Å². The van der Waals surface area contributed by atoms with E-state index in [1.807, 2.05) is 19.0 Å². The van der Waals surface area contributed by atoms with E-state index in [1.54, 1.807) is 24.3 Å². The van der Waals surface area contributed by atoms with Gasteiger partial charge in [0.2, 0.25) is 0 Å². The quantitative estimate of drug-likeness (QED) is 0.651. The van der Waals surface area contributed by atoms with Crippen molar-refractivity contribution in [2.75, 3.05) is 20.6 Å². The van der Waals surface area contributed by atoms with Crippen molar-refractivity contribution in [3.63, 3.8) is 0 Å². The molecule has 1 aromatic carbocycles. The van der Waals surface area contributed by atoms with E-state index < -0.39 is 10.4 Å². The molecule has 0 aromatic heterocycles. The minimum Gasteiger partial charge on any atom is -0.309 e. The van der Waals surface area contributed by atoms with Gasteiger partial charge in [-0.05, 0) is 38.4 Å². The lowest BCUT2D eigenvalue weighted by molar-refractivity contribution is 0.0972. The highest BCUT2D eigenvalue weighted by Crippen LogP contribution is 2.11. The number of Topliss-reactive ketones (excluding diaryl/α,β-unsaturated/α-hetero) is 1. The van der Waals surface area contributed by atoms with Gasteiger partial charge >= 0.3 is 10.4 Å². The van der Waals surface area contributed by atoms with E-state index in [4.69, 9.17) is 29.1 Å². The van der Waals surface area contributed by atoms with E-state index >= 15 is 0 Å². The predicted molar refractivity (Wildman–Crippen MR) is 73.1 cm³/mol. The Morgan fingerprint density at radius 3 is 2.00 bits per heavy atom. The maximum Gasteiger partial charge on any atom is 0.394 e. The Morgan fingerprint density at radius 1 is 1.21 bits per heavy atom. The minimum atomic E-state index is -4.67. The number of carbonyl (C=O) groups is 1. The van der Waals surface area contributed by atoms with Gasteiger partial charge in [0.25, 0.3) is 0 Å². The monoisotopic (exact) mass is 309 g/mol. The summed E-state index contributed by atoms with van der Waals surface area (Å²) >= 11 is 5.72. The maximum atomic E-state index is 11.6. The fourth-order valence-electron chi connectivity index (χ4n) is 1.11. The van der Waals surface area contributed by atoms with Crippen LogP contribution in [-0.4, -0.2) is 48.8 Å². The lowest BCUT2D eigenvalue weighted by Crippen LogP contribution is -2.16. The van der Waals surface area contributed by atoms with E-state index in [0.29, 0.717) is 11.4 Å². The highest BCUT2D eigenvalue weighted by Gasteiger charge is 2.05. The maximum absolute atomic E-state index is 11.6. The summed E-state index contributed by atoms with van der Waals surface area (Å²) in [6, 6.07) is 7.01. The van der Waals surface area contributed by atoms with Crippen molar-refractivity contribution in [3.8, 4) is 0 Å². The summed E-state index contributed by atoms with van der Waals surface area (Å²) < 4.78 is 31.6. The van der Waals surface area contributed by atoms with Crippen LogP contribution in [0, 0.1) is 0 Å². The van der Waals surface area contributed by atoms with Crippen molar-refractivity contribution in [2.24, 2.45) is 0 Å². The molecule has 0 bridgehead atoms. The molecule has 2 N–H and O–H groups in total. The Labute approximate surface area is 117 Å². The zero-order valence-corrected chi connectivity index (χ0v) is 12.1. The first-order chi connectivity index (χ1) is 8.59. The molecule has 0 aliphatic heterocycles. The van der Waals surface area contributed by atoms with Crippen LogP contribution >= 0.6 is 11.6 Å². The molecule has 19 heavy (non-hydrogen) atoms. The van der Waals surface area contributed by atoms with Crippen molar-refractivity contribution in [1.29, 1.82) is 0 Å². The van der Waals surface area contributed by atoms with Gasteiger partial charge in [-0.3, -0.25) is 13.9 Å². The first-order valence-corrected chi connectivity index (χ1v) is 7.00. The Balaban J connectivity index is 0.000000555. The molecular formula is C11H16ClNO5S. The summed E-state index contributed by atoms with van der Waals surface area (Å²) in [6.45, 7) is 0.779. The van der Waals surface area contributed by atoms with Crippen LogP contribution in [-0.2, 0) is 10.4 Å². The van der Waals surface area contributed by atoms with Gasteiger partial charge in [-0.2, -0.15) is 8.42 Å². The predicted octanol–water partition coefficient (Wildman–Crippen LogP) is 1.82. The lowest BCUT2D eigenvalue weighted by Gasteiger charge is -2.08. The molecular weight excluding hydrogens is 294 g/mol.